The highest BCUT2D eigenvalue weighted by Gasteiger charge is 2.09. The fourth-order valence-electron chi connectivity index (χ4n) is 2.17. The van der Waals surface area contributed by atoms with E-state index in [0.29, 0.717) is 11.4 Å². The molecule has 0 aliphatic rings. The largest absolute Gasteiger partial charge is 0.462 e. The summed E-state index contributed by atoms with van der Waals surface area (Å²) < 4.78 is 4.79. The van der Waals surface area contributed by atoms with Crippen LogP contribution in [0.1, 0.15) is 12.5 Å². The van der Waals surface area contributed by atoms with Gasteiger partial charge in [0.25, 0.3) is 0 Å². The van der Waals surface area contributed by atoms with Crippen molar-refractivity contribution < 1.29 is 14.3 Å². The highest BCUT2D eigenvalue weighted by molar-refractivity contribution is 5.94. The van der Waals surface area contributed by atoms with Crippen LogP contribution < -0.4 is 10.6 Å². The van der Waals surface area contributed by atoms with Crippen LogP contribution in [0, 0.1) is 11.3 Å². The average Bonchev–Trinajstić information content (AvgIpc) is 2.63. The molecule has 0 bridgehead atoms. The van der Waals surface area contributed by atoms with Gasteiger partial charge in [0.2, 0.25) is 5.91 Å². The van der Waals surface area contributed by atoms with Crippen LogP contribution in [-0.4, -0.2) is 18.5 Å². The van der Waals surface area contributed by atoms with Crippen molar-refractivity contribution in [3.05, 3.63) is 71.9 Å². The summed E-state index contributed by atoms with van der Waals surface area (Å²) in [6.45, 7) is 1.86. The van der Waals surface area contributed by atoms with Crippen LogP contribution in [0.25, 0.3) is 0 Å². The molecule has 0 aliphatic carbocycles. The molecule has 0 heterocycles. The number of esters is 1. The number of amides is 1. The van der Waals surface area contributed by atoms with E-state index in [-0.39, 0.29) is 24.5 Å². The second-order valence-corrected chi connectivity index (χ2v) is 5.33. The molecule has 0 unspecified atom stereocenters. The monoisotopic (exact) mass is 349 g/mol. The number of nitrogens with zero attached hydrogens (tertiary/aromatic N) is 1. The minimum absolute atomic E-state index is 0.131. The van der Waals surface area contributed by atoms with Crippen molar-refractivity contribution in [3.8, 4) is 6.07 Å². The smallest absolute Gasteiger partial charge is 0.350 e. The van der Waals surface area contributed by atoms with Gasteiger partial charge in [0.05, 0.1) is 13.0 Å². The van der Waals surface area contributed by atoms with Crippen molar-refractivity contribution in [2.75, 3.05) is 17.2 Å². The van der Waals surface area contributed by atoms with E-state index in [1.54, 1.807) is 37.3 Å². The lowest BCUT2D eigenvalue weighted by Gasteiger charge is -2.08. The number of ether oxygens (including phenoxy) is 1. The highest BCUT2D eigenvalue weighted by Crippen LogP contribution is 2.16. The fraction of sp³-hybridized carbons (Fsp3) is 0.150. The van der Waals surface area contributed by atoms with Gasteiger partial charge in [-0.25, -0.2) is 4.79 Å². The number of benzene rings is 2. The van der Waals surface area contributed by atoms with Crippen LogP contribution in [0.15, 0.2) is 66.4 Å². The van der Waals surface area contributed by atoms with Crippen molar-refractivity contribution in [1.29, 1.82) is 5.26 Å². The van der Waals surface area contributed by atoms with Gasteiger partial charge in [-0.1, -0.05) is 36.4 Å². The Morgan fingerprint density at radius 1 is 1.12 bits per heavy atom. The first-order valence-corrected chi connectivity index (χ1v) is 8.10. The average molecular weight is 349 g/mol. The summed E-state index contributed by atoms with van der Waals surface area (Å²) in [6.07, 6.45) is 1.56. The van der Waals surface area contributed by atoms with Crippen molar-refractivity contribution in [3.63, 3.8) is 0 Å². The van der Waals surface area contributed by atoms with Crippen molar-refractivity contribution in [2.24, 2.45) is 0 Å². The third-order valence-corrected chi connectivity index (χ3v) is 3.35. The second-order valence-electron chi connectivity index (χ2n) is 5.33. The summed E-state index contributed by atoms with van der Waals surface area (Å²) in [5.41, 5.74) is 2.03. The summed E-state index contributed by atoms with van der Waals surface area (Å²) in [5, 5.41) is 14.7. The number of rotatable bonds is 7. The van der Waals surface area contributed by atoms with Crippen molar-refractivity contribution >= 4 is 23.3 Å². The van der Waals surface area contributed by atoms with E-state index in [0.717, 1.165) is 5.56 Å². The van der Waals surface area contributed by atoms with Crippen molar-refractivity contribution in [2.45, 2.75) is 13.3 Å². The summed E-state index contributed by atoms with van der Waals surface area (Å²) in [5.74, 6) is -0.817. The Hall–Kier alpha value is -3.59. The topological polar surface area (TPSA) is 91.2 Å². The van der Waals surface area contributed by atoms with E-state index in [1.807, 2.05) is 30.3 Å². The Balaban J connectivity index is 2.00. The number of carbonyl (C=O) groups is 2. The minimum Gasteiger partial charge on any atom is -0.462 e. The van der Waals surface area contributed by atoms with Gasteiger partial charge in [0.15, 0.2) is 5.57 Å². The van der Waals surface area contributed by atoms with E-state index in [4.69, 9.17) is 10.00 Å². The highest BCUT2D eigenvalue weighted by atomic mass is 16.5. The Morgan fingerprint density at radius 2 is 1.85 bits per heavy atom. The normalized spacial score (nSPS) is 10.5. The van der Waals surface area contributed by atoms with Gasteiger partial charge in [-0.05, 0) is 30.7 Å². The lowest BCUT2D eigenvalue weighted by molar-refractivity contribution is -0.138. The zero-order valence-electron chi connectivity index (χ0n) is 14.4. The molecule has 0 aliphatic heterocycles. The molecule has 0 saturated carbocycles. The lowest BCUT2D eigenvalue weighted by atomic mass is 10.1. The van der Waals surface area contributed by atoms with Gasteiger partial charge in [-0.3, -0.25) is 4.79 Å². The van der Waals surface area contributed by atoms with Gasteiger partial charge in [0, 0.05) is 17.6 Å². The third kappa shape index (κ3) is 5.80. The molecule has 6 heteroatoms. The van der Waals surface area contributed by atoms with Crippen LogP contribution in [-0.2, 0) is 20.7 Å². The number of nitriles is 1. The predicted octanol–water partition coefficient (Wildman–Crippen LogP) is 3.25. The zero-order chi connectivity index (χ0) is 18.8. The molecule has 0 radical (unpaired) electrons. The number of anilines is 2. The summed E-state index contributed by atoms with van der Waals surface area (Å²) in [6, 6.07) is 18.2. The van der Waals surface area contributed by atoms with E-state index < -0.39 is 5.97 Å². The molecular weight excluding hydrogens is 330 g/mol. The molecular formula is C20H19N3O3. The molecule has 2 aromatic carbocycles. The predicted molar refractivity (Wildman–Crippen MR) is 99.2 cm³/mol. The van der Waals surface area contributed by atoms with Crippen LogP contribution in [0.2, 0.25) is 0 Å². The molecule has 132 valence electrons. The first-order chi connectivity index (χ1) is 12.6. The van der Waals surface area contributed by atoms with Crippen LogP contribution in [0.4, 0.5) is 11.4 Å². The van der Waals surface area contributed by atoms with Gasteiger partial charge < -0.3 is 15.4 Å². The van der Waals surface area contributed by atoms with Gasteiger partial charge in [-0.2, -0.15) is 5.26 Å². The zero-order valence-corrected chi connectivity index (χ0v) is 14.4. The Bertz CT molecular complexity index is 839. The number of hydrogen-bond donors (Lipinski definition) is 2. The maximum absolute atomic E-state index is 12.1. The molecule has 2 aromatic rings. The molecule has 2 N–H and O–H groups in total. The van der Waals surface area contributed by atoms with Crippen LogP contribution in [0.5, 0.6) is 0 Å². The Morgan fingerprint density at radius 3 is 2.54 bits per heavy atom. The minimum atomic E-state index is -0.685. The first-order valence-electron chi connectivity index (χ1n) is 8.10. The molecule has 0 aromatic heterocycles. The van der Waals surface area contributed by atoms with E-state index in [9.17, 15) is 9.59 Å². The van der Waals surface area contributed by atoms with Gasteiger partial charge >= 0.3 is 5.97 Å². The molecule has 0 saturated heterocycles. The number of carbonyl (C=O) groups excluding carboxylic acids is 2. The maximum atomic E-state index is 12.1. The number of nitrogens with one attached hydrogen (secondary N) is 2. The van der Waals surface area contributed by atoms with Gasteiger partial charge in [0.1, 0.15) is 6.07 Å². The summed E-state index contributed by atoms with van der Waals surface area (Å²) in [7, 11) is 0. The lowest BCUT2D eigenvalue weighted by Crippen LogP contribution is -2.14. The molecule has 6 nitrogen and oxygen atoms in total. The van der Waals surface area contributed by atoms with Crippen LogP contribution >= 0.6 is 0 Å². The van der Waals surface area contributed by atoms with Crippen molar-refractivity contribution in [1.82, 2.24) is 0 Å². The first kappa shape index (κ1) is 18.7. The molecule has 2 rings (SSSR count). The van der Waals surface area contributed by atoms with E-state index in [2.05, 4.69) is 10.6 Å². The van der Waals surface area contributed by atoms with E-state index >= 15 is 0 Å². The Labute approximate surface area is 152 Å². The molecule has 26 heavy (non-hydrogen) atoms. The SMILES string of the molecule is CCOC(=O)/C(C#N)=C\Nc1cccc(NC(=O)Cc2ccccc2)c1. The Kier molecular flexibility index (Phi) is 6.95. The number of hydrogen-bond acceptors (Lipinski definition) is 5. The van der Waals surface area contributed by atoms with Gasteiger partial charge in [-0.15, -0.1) is 0 Å². The summed E-state index contributed by atoms with van der Waals surface area (Å²) >= 11 is 0. The molecule has 0 spiro atoms. The maximum Gasteiger partial charge on any atom is 0.350 e. The summed E-state index contributed by atoms with van der Waals surface area (Å²) in [4.78, 5) is 23.7. The molecule has 0 atom stereocenters. The molecule has 1 amide bonds. The third-order valence-electron chi connectivity index (χ3n) is 3.35. The quantitative estimate of drug-likeness (QED) is 0.455. The van der Waals surface area contributed by atoms with Crippen LogP contribution in [0.3, 0.4) is 0 Å². The molecule has 0 fully saturated rings. The fourth-order valence-corrected chi connectivity index (χ4v) is 2.17. The second kappa shape index (κ2) is 9.64. The van der Waals surface area contributed by atoms with E-state index in [1.165, 1.54) is 6.20 Å². The standard InChI is InChI=1S/C20H19N3O3/c1-2-26-20(25)16(13-21)14-22-17-9-6-10-18(12-17)23-19(24)11-15-7-4-3-5-8-15/h3-10,12,14,22H,2,11H2,1H3,(H,23,24)/b16-14-.